The fraction of sp³-hybridized carbons (Fsp3) is 0.562. The average Bonchev–Trinajstić information content (AvgIpc) is 3.29. The quantitative estimate of drug-likeness (QED) is 0.786. The van der Waals surface area contributed by atoms with Crippen LogP contribution in [0.5, 0.6) is 0 Å². The van der Waals surface area contributed by atoms with Gasteiger partial charge in [0.15, 0.2) is 5.76 Å². The van der Waals surface area contributed by atoms with Crippen molar-refractivity contribution in [1.29, 1.82) is 0 Å². The highest BCUT2D eigenvalue weighted by Gasteiger charge is 2.40. The number of nitrogens with zero attached hydrogens (tertiary/aromatic N) is 4. The Balaban J connectivity index is 1.46. The van der Waals surface area contributed by atoms with E-state index in [9.17, 15) is 13.2 Å². The molecule has 0 aromatic carbocycles. The molecular formula is C16H20N4O4S. The number of aromatic nitrogens is 3. The molecule has 1 aliphatic carbocycles. The van der Waals surface area contributed by atoms with Crippen LogP contribution in [0.3, 0.4) is 0 Å². The van der Waals surface area contributed by atoms with Crippen molar-refractivity contribution in [2.75, 3.05) is 13.1 Å². The Bertz CT molecular complexity index is 949. The molecule has 1 aliphatic heterocycles. The SMILES string of the molecule is Cc1noc(C)c1S(=O)(=O)N1CC(Cn2nc(C3CC3)ccc2=O)C1. The lowest BCUT2D eigenvalue weighted by molar-refractivity contribution is 0.172. The predicted molar refractivity (Wildman–Crippen MR) is 88.7 cm³/mol. The molecule has 25 heavy (non-hydrogen) atoms. The van der Waals surface area contributed by atoms with Gasteiger partial charge in [-0.15, -0.1) is 0 Å². The van der Waals surface area contributed by atoms with Gasteiger partial charge in [-0.05, 0) is 32.8 Å². The predicted octanol–water partition coefficient (Wildman–Crippen LogP) is 1.05. The van der Waals surface area contributed by atoms with Crippen LogP contribution in [-0.4, -0.2) is 40.7 Å². The van der Waals surface area contributed by atoms with Crippen LogP contribution in [0.4, 0.5) is 0 Å². The van der Waals surface area contributed by atoms with E-state index in [-0.39, 0.29) is 16.4 Å². The summed E-state index contributed by atoms with van der Waals surface area (Å²) >= 11 is 0. The summed E-state index contributed by atoms with van der Waals surface area (Å²) in [5.41, 5.74) is 1.19. The zero-order valence-electron chi connectivity index (χ0n) is 14.2. The highest BCUT2D eigenvalue weighted by molar-refractivity contribution is 7.89. The lowest BCUT2D eigenvalue weighted by Gasteiger charge is -2.37. The molecule has 0 bridgehead atoms. The Kier molecular flexibility index (Phi) is 3.80. The van der Waals surface area contributed by atoms with Gasteiger partial charge in [-0.3, -0.25) is 4.79 Å². The van der Waals surface area contributed by atoms with Crippen LogP contribution in [-0.2, 0) is 16.6 Å². The number of hydrogen-bond donors (Lipinski definition) is 0. The molecule has 134 valence electrons. The van der Waals surface area contributed by atoms with Crippen molar-refractivity contribution in [1.82, 2.24) is 19.2 Å². The third kappa shape index (κ3) is 2.91. The van der Waals surface area contributed by atoms with E-state index in [1.807, 2.05) is 0 Å². The van der Waals surface area contributed by atoms with Crippen molar-refractivity contribution in [3.05, 3.63) is 39.6 Å². The Labute approximate surface area is 145 Å². The second-order valence-corrected chi connectivity index (χ2v) is 8.77. The van der Waals surface area contributed by atoms with Crippen molar-refractivity contribution in [3.8, 4) is 0 Å². The third-order valence-corrected chi connectivity index (χ3v) is 6.88. The van der Waals surface area contributed by atoms with Crippen LogP contribution >= 0.6 is 0 Å². The second kappa shape index (κ2) is 5.77. The Morgan fingerprint density at radius 2 is 1.96 bits per heavy atom. The molecule has 0 radical (unpaired) electrons. The number of hydrogen-bond acceptors (Lipinski definition) is 6. The van der Waals surface area contributed by atoms with Crippen LogP contribution < -0.4 is 5.56 Å². The van der Waals surface area contributed by atoms with Crippen LogP contribution in [0.2, 0.25) is 0 Å². The molecule has 0 atom stereocenters. The molecule has 0 amide bonds. The van der Waals surface area contributed by atoms with Gasteiger partial charge in [0.1, 0.15) is 10.6 Å². The Hall–Kier alpha value is -2.00. The van der Waals surface area contributed by atoms with Crippen LogP contribution in [0.1, 0.15) is 35.9 Å². The number of aryl methyl sites for hydroxylation is 2. The van der Waals surface area contributed by atoms with E-state index < -0.39 is 10.0 Å². The molecule has 2 aliphatic rings. The molecule has 0 unspecified atom stereocenters. The molecular weight excluding hydrogens is 344 g/mol. The number of rotatable bonds is 5. The Morgan fingerprint density at radius 1 is 1.24 bits per heavy atom. The van der Waals surface area contributed by atoms with E-state index in [0.29, 0.717) is 37.0 Å². The van der Waals surface area contributed by atoms with E-state index in [1.54, 1.807) is 26.0 Å². The largest absolute Gasteiger partial charge is 0.360 e. The molecule has 2 aromatic heterocycles. The summed E-state index contributed by atoms with van der Waals surface area (Å²) in [7, 11) is -3.60. The first-order valence-electron chi connectivity index (χ1n) is 8.37. The summed E-state index contributed by atoms with van der Waals surface area (Å²) in [5, 5.41) is 8.15. The summed E-state index contributed by atoms with van der Waals surface area (Å²) < 4.78 is 33.2. The minimum Gasteiger partial charge on any atom is -0.360 e. The normalized spacial score (nSPS) is 19.1. The van der Waals surface area contributed by atoms with Crippen molar-refractivity contribution < 1.29 is 12.9 Å². The third-order valence-electron chi connectivity index (χ3n) is 4.80. The first-order chi connectivity index (χ1) is 11.9. The summed E-state index contributed by atoms with van der Waals surface area (Å²) in [6, 6.07) is 3.35. The van der Waals surface area contributed by atoms with Crippen molar-refractivity contribution in [2.24, 2.45) is 5.92 Å². The van der Waals surface area contributed by atoms with Gasteiger partial charge in [0.25, 0.3) is 5.56 Å². The standard InChI is InChI=1S/C16H20N4O4S/c1-10-16(11(2)24-18-10)25(22,23)19-7-12(8-19)9-20-15(21)6-5-14(17-20)13-3-4-13/h5-6,12-13H,3-4,7-9H2,1-2H3. The molecule has 0 spiro atoms. The van der Waals surface area contributed by atoms with E-state index in [0.717, 1.165) is 18.5 Å². The smallest absolute Gasteiger partial charge is 0.266 e. The zero-order valence-corrected chi connectivity index (χ0v) is 15.0. The summed E-state index contributed by atoms with van der Waals surface area (Å²) in [5.74, 6) is 0.857. The van der Waals surface area contributed by atoms with Gasteiger partial charge in [-0.25, -0.2) is 13.1 Å². The van der Waals surface area contributed by atoms with Crippen LogP contribution in [0, 0.1) is 19.8 Å². The topological polar surface area (TPSA) is 98.3 Å². The van der Waals surface area contributed by atoms with Crippen molar-refractivity contribution >= 4 is 10.0 Å². The minimum atomic E-state index is -3.60. The monoisotopic (exact) mass is 364 g/mol. The van der Waals surface area contributed by atoms with E-state index in [1.165, 1.54) is 8.99 Å². The van der Waals surface area contributed by atoms with Crippen LogP contribution in [0.15, 0.2) is 26.3 Å². The molecule has 4 rings (SSSR count). The molecule has 0 N–H and O–H groups in total. The molecule has 9 heteroatoms. The number of sulfonamides is 1. The van der Waals surface area contributed by atoms with E-state index >= 15 is 0 Å². The fourth-order valence-electron chi connectivity index (χ4n) is 3.24. The maximum Gasteiger partial charge on any atom is 0.266 e. The molecule has 1 saturated carbocycles. The Morgan fingerprint density at radius 3 is 2.56 bits per heavy atom. The van der Waals surface area contributed by atoms with Crippen LogP contribution in [0.25, 0.3) is 0 Å². The fourth-order valence-corrected chi connectivity index (χ4v) is 5.13. The molecule has 8 nitrogen and oxygen atoms in total. The lowest BCUT2D eigenvalue weighted by Crippen LogP contribution is -2.52. The van der Waals surface area contributed by atoms with Gasteiger partial charge >= 0.3 is 0 Å². The minimum absolute atomic E-state index is 0.0786. The average molecular weight is 364 g/mol. The first-order valence-corrected chi connectivity index (χ1v) is 9.81. The zero-order chi connectivity index (χ0) is 17.8. The van der Waals surface area contributed by atoms with Gasteiger partial charge in [-0.1, -0.05) is 5.16 Å². The van der Waals surface area contributed by atoms with Gasteiger partial charge in [0.2, 0.25) is 10.0 Å². The van der Waals surface area contributed by atoms with E-state index in [4.69, 9.17) is 4.52 Å². The molecule has 2 aromatic rings. The van der Waals surface area contributed by atoms with Gasteiger partial charge < -0.3 is 4.52 Å². The maximum atomic E-state index is 12.7. The van der Waals surface area contributed by atoms with Gasteiger partial charge in [0, 0.05) is 31.0 Å². The molecule has 1 saturated heterocycles. The lowest BCUT2D eigenvalue weighted by atomic mass is 10.0. The van der Waals surface area contributed by atoms with Crippen molar-refractivity contribution in [3.63, 3.8) is 0 Å². The summed E-state index contributed by atoms with van der Waals surface area (Å²) in [6.45, 7) is 4.39. The van der Waals surface area contributed by atoms with Gasteiger partial charge in [0.05, 0.1) is 12.2 Å². The van der Waals surface area contributed by atoms with Gasteiger partial charge in [-0.2, -0.15) is 9.40 Å². The van der Waals surface area contributed by atoms with Crippen molar-refractivity contribution in [2.45, 2.75) is 44.0 Å². The highest BCUT2D eigenvalue weighted by atomic mass is 32.2. The summed E-state index contributed by atoms with van der Waals surface area (Å²) in [4.78, 5) is 12.1. The highest BCUT2D eigenvalue weighted by Crippen LogP contribution is 2.38. The summed E-state index contributed by atoms with van der Waals surface area (Å²) in [6.07, 6.45) is 2.25. The maximum absolute atomic E-state index is 12.7. The first kappa shape index (κ1) is 16.5. The molecule has 3 heterocycles. The molecule has 2 fully saturated rings. The van der Waals surface area contributed by atoms with E-state index in [2.05, 4.69) is 10.3 Å². The second-order valence-electron chi connectivity index (χ2n) is 6.89.